The van der Waals surface area contributed by atoms with E-state index in [0.717, 1.165) is 27.1 Å². The summed E-state index contributed by atoms with van der Waals surface area (Å²) >= 11 is 1.41. The number of hydrogen-bond acceptors (Lipinski definition) is 6. The Kier molecular flexibility index (Phi) is 6.03. The van der Waals surface area contributed by atoms with Crippen molar-refractivity contribution < 1.29 is 9.53 Å². The predicted molar refractivity (Wildman–Crippen MR) is 110 cm³/mol. The molecule has 0 atom stereocenters. The summed E-state index contributed by atoms with van der Waals surface area (Å²) < 4.78 is 6.61. The van der Waals surface area contributed by atoms with Crippen molar-refractivity contribution >= 4 is 38.8 Å². The molecule has 0 aliphatic carbocycles. The van der Waals surface area contributed by atoms with Crippen LogP contribution in [0.15, 0.2) is 47.6 Å². The average Bonchev–Trinajstić information content (AvgIpc) is 3.00. The Morgan fingerprint density at radius 3 is 2.81 bits per heavy atom. The van der Waals surface area contributed by atoms with Crippen molar-refractivity contribution in [2.45, 2.75) is 20.3 Å². The Balaban J connectivity index is 1.51. The lowest BCUT2D eigenvalue weighted by atomic mass is 10.1. The zero-order valence-electron chi connectivity index (χ0n) is 15.3. The quantitative estimate of drug-likeness (QED) is 0.482. The first kappa shape index (κ1) is 18.8. The molecule has 27 heavy (non-hydrogen) atoms. The van der Waals surface area contributed by atoms with Crippen LogP contribution in [-0.2, 0) is 11.2 Å². The first-order chi connectivity index (χ1) is 13.0. The number of nitrogens with two attached hydrogens (primary N) is 1. The van der Waals surface area contributed by atoms with Crippen molar-refractivity contribution in [1.29, 1.82) is 0 Å². The molecule has 0 aliphatic rings. The summed E-state index contributed by atoms with van der Waals surface area (Å²) in [7, 11) is 0. The molecule has 1 amide bonds. The standard InChI is InChI=1S/C20H22N4O2S/c1-13(2)12-26-16-6-3-14(4-7-16)11-22-24-19(25)10-15-5-8-17-18(9-15)27-20(21)23-17/h3-9,11,13H,10,12H2,1-2H3,(H2,21,23)(H,24,25)/b22-11-. The number of nitrogen functional groups attached to an aromatic ring is 1. The fourth-order valence-corrected chi connectivity index (χ4v) is 3.21. The van der Waals surface area contributed by atoms with Crippen molar-refractivity contribution in [2.75, 3.05) is 12.3 Å². The Bertz CT molecular complexity index is 948. The summed E-state index contributed by atoms with van der Waals surface area (Å²) in [6.45, 7) is 4.90. The monoisotopic (exact) mass is 382 g/mol. The minimum atomic E-state index is -0.181. The molecule has 0 bridgehead atoms. The van der Waals surface area contributed by atoms with Crippen LogP contribution in [0, 0.1) is 5.92 Å². The highest BCUT2D eigenvalue weighted by molar-refractivity contribution is 7.22. The molecular formula is C20H22N4O2S. The molecule has 6 nitrogen and oxygen atoms in total. The van der Waals surface area contributed by atoms with E-state index >= 15 is 0 Å². The average molecular weight is 382 g/mol. The van der Waals surface area contributed by atoms with Gasteiger partial charge in [0.05, 0.1) is 29.5 Å². The van der Waals surface area contributed by atoms with E-state index in [-0.39, 0.29) is 12.3 Å². The molecule has 0 saturated carbocycles. The van der Waals surface area contributed by atoms with Crippen LogP contribution >= 0.6 is 11.3 Å². The molecule has 140 valence electrons. The van der Waals surface area contributed by atoms with E-state index < -0.39 is 0 Å². The molecule has 0 fully saturated rings. The first-order valence-corrected chi connectivity index (χ1v) is 9.51. The number of anilines is 1. The topological polar surface area (TPSA) is 89.6 Å². The number of amides is 1. The molecule has 0 aliphatic heterocycles. The number of benzene rings is 2. The molecule has 7 heteroatoms. The summed E-state index contributed by atoms with van der Waals surface area (Å²) in [6, 6.07) is 13.3. The number of hydrogen-bond donors (Lipinski definition) is 2. The van der Waals surface area contributed by atoms with Gasteiger partial charge in [0.25, 0.3) is 0 Å². The van der Waals surface area contributed by atoms with Gasteiger partial charge < -0.3 is 10.5 Å². The van der Waals surface area contributed by atoms with Crippen LogP contribution in [-0.4, -0.2) is 23.7 Å². The zero-order chi connectivity index (χ0) is 19.2. The van der Waals surface area contributed by atoms with Crippen molar-refractivity contribution in [3.8, 4) is 5.75 Å². The lowest BCUT2D eigenvalue weighted by Crippen LogP contribution is -2.19. The van der Waals surface area contributed by atoms with Gasteiger partial charge in [-0.3, -0.25) is 4.79 Å². The third-order valence-corrected chi connectivity index (χ3v) is 4.55. The highest BCUT2D eigenvalue weighted by Crippen LogP contribution is 2.24. The first-order valence-electron chi connectivity index (χ1n) is 8.69. The lowest BCUT2D eigenvalue weighted by molar-refractivity contribution is -0.120. The van der Waals surface area contributed by atoms with Crippen molar-refractivity contribution in [2.24, 2.45) is 11.0 Å². The Morgan fingerprint density at radius 2 is 2.07 bits per heavy atom. The highest BCUT2D eigenvalue weighted by Gasteiger charge is 2.06. The number of ether oxygens (including phenoxy) is 1. The van der Waals surface area contributed by atoms with Crippen LogP contribution < -0.4 is 15.9 Å². The van der Waals surface area contributed by atoms with Crippen LogP contribution in [0.3, 0.4) is 0 Å². The van der Waals surface area contributed by atoms with Crippen LogP contribution in [0.1, 0.15) is 25.0 Å². The summed E-state index contributed by atoms with van der Waals surface area (Å²) in [5, 5.41) is 4.54. The second-order valence-electron chi connectivity index (χ2n) is 6.60. The van der Waals surface area contributed by atoms with Crippen molar-refractivity contribution in [3.63, 3.8) is 0 Å². The summed E-state index contributed by atoms with van der Waals surface area (Å²) in [5.41, 5.74) is 10.9. The molecule has 0 radical (unpaired) electrons. The maximum Gasteiger partial charge on any atom is 0.244 e. The molecule has 1 aromatic heterocycles. The van der Waals surface area contributed by atoms with Gasteiger partial charge in [0.15, 0.2) is 5.13 Å². The lowest BCUT2D eigenvalue weighted by Gasteiger charge is -2.08. The largest absolute Gasteiger partial charge is 0.493 e. The second-order valence-corrected chi connectivity index (χ2v) is 7.66. The van der Waals surface area contributed by atoms with Gasteiger partial charge in [0, 0.05) is 0 Å². The van der Waals surface area contributed by atoms with Gasteiger partial charge in [0.2, 0.25) is 5.91 Å². The summed E-state index contributed by atoms with van der Waals surface area (Å²) in [4.78, 5) is 16.3. The van der Waals surface area contributed by atoms with Gasteiger partial charge in [-0.15, -0.1) is 0 Å². The minimum Gasteiger partial charge on any atom is -0.493 e. The molecular weight excluding hydrogens is 360 g/mol. The SMILES string of the molecule is CC(C)COc1ccc(/C=N\NC(=O)Cc2ccc3nc(N)sc3c2)cc1. The highest BCUT2D eigenvalue weighted by atomic mass is 32.1. The van der Waals surface area contributed by atoms with E-state index in [0.29, 0.717) is 17.7 Å². The maximum atomic E-state index is 12.1. The molecule has 2 aromatic carbocycles. The number of aromatic nitrogens is 1. The van der Waals surface area contributed by atoms with Crippen molar-refractivity contribution in [3.05, 3.63) is 53.6 Å². The fourth-order valence-electron chi connectivity index (χ4n) is 2.41. The van der Waals surface area contributed by atoms with E-state index in [1.165, 1.54) is 11.3 Å². The third-order valence-electron chi connectivity index (χ3n) is 3.70. The number of thiazole rings is 1. The van der Waals surface area contributed by atoms with Crippen LogP contribution in [0.2, 0.25) is 0 Å². The van der Waals surface area contributed by atoms with Gasteiger partial charge in [-0.2, -0.15) is 5.10 Å². The third kappa shape index (κ3) is 5.52. The van der Waals surface area contributed by atoms with Gasteiger partial charge >= 0.3 is 0 Å². The molecule has 0 unspecified atom stereocenters. The molecule has 0 saturated heterocycles. The smallest absolute Gasteiger partial charge is 0.244 e. The molecule has 0 spiro atoms. The van der Waals surface area contributed by atoms with Gasteiger partial charge in [-0.05, 0) is 53.4 Å². The van der Waals surface area contributed by atoms with Gasteiger partial charge in [-0.25, -0.2) is 10.4 Å². The summed E-state index contributed by atoms with van der Waals surface area (Å²) in [6.07, 6.45) is 1.85. The maximum absolute atomic E-state index is 12.1. The number of fused-ring (bicyclic) bond motifs is 1. The Hall–Kier alpha value is -2.93. The van der Waals surface area contributed by atoms with Crippen molar-refractivity contribution in [1.82, 2.24) is 10.4 Å². The van der Waals surface area contributed by atoms with Gasteiger partial charge in [-0.1, -0.05) is 31.3 Å². The molecule has 3 aromatic rings. The van der Waals surface area contributed by atoms with E-state index in [4.69, 9.17) is 10.5 Å². The Morgan fingerprint density at radius 1 is 1.30 bits per heavy atom. The molecule has 3 rings (SSSR count). The number of carbonyl (C=O) groups is 1. The predicted octanol–water partition coefficient (Wildman–Crippen LogP) is 3.61. The number of hydrazone groups is 1. The number of rotatable bonds is 7. The number of carbonyl (C=O) groups excluding carboxylic acids is 1. The molecule has 3 N–H and O–H groups in total. The van der Waals surface area contributed by atoms with Crippen LogP contribution in [0.5, 0.6) is 5.75 Å². The normalized spacial score (nSPS) is 11.4. The summed E-state index contributed by atoms with van der Waals surface area (Å²) in [5.74, 6) is 1.12. The van der Waals surface area contributed by atoms with E-state index in [9.17, 15) is 4.79 Å². The van der Waals surface area contributed by atoms with Crippen LogP contribution in [0.25, 0.3) is 10.2 Å². The zero-order valence-corrected chi connectivity index (χ0v) is 16.1. The van der Waals surface area contributed by atoms with E-state index in [1.54, 1.807) is 6.21 Å². The minimum absolute atomic E-state index is 0.181. The number of nitrogens with zero attached hydrogens (tertiary/aromatic N) is 2. The van der Waals surface area contributed by atoms with E-state index in [1.807, 2.05) is 42.5 Å². The second kappa shape index (κ2) is 8.64. The number of nitrogens with one attached hydrogen (secondary N) is 1. The van der Waals surface area contributed by atoms with E-state index in [2.05, 4.69) is 29.4 Å². The van der Waals surface area contributed by atoms with Crippen LogP contribution in [0.4, 0.5) is 5.13 Å². The Labute approximate surface area is 162 Å². The van der Waals surface area contributed by atoms with Gasteiger partial charge in [0.1, 0.15) is 5.75 Å². The fraction of sp³-hybridized carbons (Fsp3) is 0.250. The molecule has 1 heterocycles.